The molecule has 0 unspecified atom stereocenters. The van der Waals surface area contributed by atoms with E-state index in [1.165, 1.54) is 27.7 Å². The monoisotopic (exact) mass is 529 g/mol. The van der Waals surface area contributed by atoms with E-state index < -0.39 is 19.0 Å². The molecular formula is C31H36BNO6. The molecule has 7 nitrogen and oxygen atoms in total. The molecule has 0 saturated carbocycles. The zero-order chi connectivity index (χ0) is 27.7. The smallest absolute Gasteiger partial charge is 0.488 e. The quantitative estimate of drug-likeness (QED) is 0.258. The van der Waals surface area contributed by atoms with E-state index in [9.17, 15) is 24.7 Å². The number of rotatable bonds is 9. The van der Waals surface area contributed by atoms with Gasteiger partial charge in [0.15, 0.2) is 0 Å². The van der Waals surface area contributed by atoms with Gasteiger partial charge in [-0.3, -0.25) is 14.5 Å². The molecule has 0 aromatic heterocycles. The van der Waals surface area contributed by atoms with Crippen LogP contribution in [0.1, 0.15) is 57.9 Å². The largest absolute Gasteiger partial charge is 0.507 e. The van der Waals surface area contributed by atoms with E-state index in [2.05, 4.69) is 19.9 Å². The summed E-state index contributed by atoms with van der Waals surface area (Å²) in [6.07, 6.45) is 6.79. The number of nitrogens with zero attached hydrogens (tertiary/aromatic N) is 1. The van der Waals surface area contributed by atoms with Gasteiger partial charge in [0.1, 0.15) is 5.75 Å². The third-order valence-electron chi connectivity index (χ3n) is 8.46. The molecule has 2 aliphatic heterocycles. The van der Waals surface area contributed by atoms with Crippen molar-refractivity contribution in [2.75, 3.05) is 11.5 Å². The van der Waals surface area contributed by atoms with Gasteiger partial charge in [0.25, 0.3) is 0 Å². The lowest BCUT2D eigenvalue weighted by Crippen LogP contribution is -2.35. The SMILES string of the molecule is CCCC1=C2[C@@H](CC/C(=C/c3ccccc3O)CC)OC[C@@H]2[C@@H]2C(=O)N(c3cccc(B(O)O)c3)C(=O)[C@@H]2C1. The van der Waals surface area contributed by atoms with Crippen LogP contribution in [0.25, 0.3) is 6.08 Å². The minimum atomic E-state index is -1.68. The van der Waals surface area contributed by atoms with Gasteiger partial charge in [-0.2, -0.15) is 0 Å². The third kappa shape index (κ3) is 5.21. The summed E-state index contributed by atoms with van der Waals surface area (Å²) in [5.74, 6) is -1.21. The molecule has 0 spiro atoms. The number of allylic oxidation sites excluding steroid dienone is 2. The van der Waals surface area contributed by atoms with Crippen molar-refractivity contribution in [3.05, 3.63) is 70.8 Å². The molecule has 5 rings (SSSR count). The fraction of sp³-hybridized carbons (Fsp3) is 0.419. The molecule has 3 N–H and O–H groups in total. The number of hydrogen-bond acceptors (Lipinski definition) is 6. The fourth-order valence-corrected chi connectivity index (χ4v) is 6.59. The highest BCUT2D eigenvalue weighted by Crippen LogP contribution is 2.51. The van der Waals surface area contributed by atoms with E-state index in [-0.39, 0.29) is 35.0 Å². The van der Waals surface area contributed by atoms with E-state index in [0.29, 0.717) is 18.7 Å². The average molecular weight is 529 g/mol. The van der Waals surface area contributed by atoms with E-state index in [0.717, 1.165) is 37.7 Å². The predicted molar refractivity (Wildman–Crippen MR) is 151 cm³/mol. The molecule has 39 heavy (non-hydrogen) atoms. The zero-order valence-electron chi connectivity index (χ0n) is 22.5. The van der Waals surface area contributed by atoms with Crippen molar-refractivity contribution in [3.8, 4) is 5.75 Å². The first-order valence-corrected chi connectivity index (χ1v) is 14.0. The van der Waals surface area contributed by atoms with Crippen molar-refractivity contribution in [2.45, 2.75) is 58.5 Å². The van der Waals surface area contributed by atoms with Gasteiger partial charge in [0.2, 0.25) is 11.8 Å². The second kappa shape index (κ2) is 11.5. The van der Waals surface area contributed by atoms with Crippen LogP contribution in [0, 0.1) is 17.8 Å². The topological polar surface area (TPSA) is 107 Å². The lowest BCUT2D eigenvalue weighted by atomic mass is 9.68. The van der Waals surface area contributed by atoms with Crippen LogP contribution in [0.5, 0.6) is 5.75 Å². The van der Waals surface area contributed by atoms with Crippen LogP contribution >= 0.6 is 0 Å². The Labute approximate surface area is 229 Å². The van der Waals surface area contributed by atoms with Crippen molar-refractivity contribution in [3.63, 3.8) is 0 Å². The number of carbonyl (C=O) groups is 2. The van der Waals surface area contributed by atoms with Crippen molar-refractivity contribution < 1.29 is 29.5 Å². The number of benzene rings is 2. The summed E-state index contributed by atoms with van der Waals surface area (Å²) < 4.78 is 6.35. The fourth-order valence-electron chi connectivity index (χ4n) is 6.59. The van der Waals surface area contributed by atoms with E-state index in [1.807, 2.05) is 18.2 Å². The lowest BCUT2D eigenvalue weighted by Gasteiger charge is -2.32. The van der Waals surface area contributed by atoms with Gasteiger partial charge in [0.05, 0.1) is 30.2 Å². The number of aromatic hydroxyl groups is 1. The number of ether oxygens (including phenoxy) is 1. The third-order valence-corrected chi connectivity index (χ3v) is 8.46. The molecule has 1 aliphatic carbocycles. The minimum absolute atomic E-state index is 0.0957. The number of imide groups is 1. The van der Waals surface area contributed by atoms with Crippen molar-refractivity contribution in [2.24, 2.45) is 17.8 Å². The minimum Gasteiger partial charge on any atom is -0.507 e. The van der Waals surface area contributed by atoms with Crippen LogP contribution in [-0.4, -0.2) is 46.8 Å². The van der Waals surface area contributed by atoms with Gasteiger partial charge in [-0.05, 0) is 61.3 Å². The average Bonchev–Trinajstić information content (AvgIpc) is 3.46. The van der Waals surface area contributed by atoms with Crippen molar-refractivity contribution in [1.82, 2.24) is 0 Å². The highest BCUT2D eigenvalue weighted by molar-refractivity contribution is 6.58. The Morgan fingerprint density at radius 3 is 2.59 bits per heavy atom. The number of para-hydroxylation sites is 1. The summed E-state index contributed by atoms with van der Waals surface area (Å²) in [6.45, 7) is 4.66. The van der Waals surface area contributed by atoms with E-state index in [1.54, 1.807) is 24.3 Å². The Morgan fingerprint density at radius 1 is 1.08 bits per heavy atom. The van der Waals surface area contributed by atoms with Crippen LogP contribution in [0.4, 0.5) is 5.69 Å². The Hall–Kier alpha value is -3.20. The summed E-state index contributed by atoms with van der Waals surface area (Å²) in [6, 6.07) is 13.7. The molecule has 2 amide bonds. The van der Waals surface area contributed by atoms with Crippen molar-refractivity contribution in [1.29, 1.82) is 0 Å². The van der Waals surface area contributed by atoms with Crippen LogP contribution in [-0.2, 0) is 14.3 Å². The molecule has 8 heteroatoms. The van der Waals surface area contributed by atoms with Crippen LogP contribution in [0.2, 0.25) is 0 Å². The molecule has 2 heterocycles. The highest BCUT2D eigenvalue weighted by Gasteiger charge is 2.57. The summed E-state index contributed by atoms with van der Waals surface area (Å²) in [5.41, 5.74) is 5.09. The number of phenolic OH excluding ortho intramolecular Hbond substituents is 1. The Morgan fingerprint density at radius 2 is 1.87 bits per heavy atom. The first kappa shape index (κ1) is 27.4. The summed E-state index contributed by atoms with van der Waals surface area (Å²) in [4.78, 5) is 28.6. The van der Waals surface area contributed by atoms with Crippen LogP contribution in [0.15, 0.2) is 65.3 Å². The second-order valence-corrected chi connectivity index (χ2v) is 10.8. The van der Waals surface area contributed by atoms with E-state index >= 15 is 0 Å². The van der Waals surface area contributed by atoms with Gasteiger partial charge >= 0.3 is 7.12 Å². The van der Waals surface area contributed by atoms with E-state index in [4.69, 9.17) is 4.74 Å². The van der Waals surface area contributed by atoms with Gasteiger partial charge in [0, 0.05) is 11.5 Å². The molecule has 2 aromatic rings. The maximum absolute atomic E-state index is 13.8. The van der Waals surface area contributed by atoms with Gasteiger partial charge in [-0.15, -0.1) is 0 Å². The first-order chi connectivity index (χ1) is 18.8. The maximum atomic E-state index is 13.8. The Bertz CT molecular complexity index is 1320. The molecule has 4 atom stereocenters. The molecule has 204 valence electrons. The van der Waals surface area contributed by atoms with Crippen LogP contribution in [0.3, 0.4) is 0 Å². The molecule has 0 bridgehead atoms. The zero-order valence-corrected chi connectivity index (χ0v) is 22.5. The number of carbonyl (C=O) groups excluding carboxylic acids is 2. The summed E-state index contributed by atoms with van der Waals surface area (Å²) in [7, 11) is -1.68. The standard InChI is InChI=1S/C31H36BNO6/c1-3-8-21-16-24-29(31(36)33(30(24)35)23-11-7-10-22(17-23)32(37)38)25-18-39-27(28(21)25)14-13-19(4-2)15-20-9-5-6-12-26(20)34/h5-7,9-12,15,17,24-25,27,29,34,37-38H,3-4,8,13-14,16,18H2,1-2H3/b19-15+/t24-,25+,27-,29-/m1/s1. The molecule has 2 aromatic carbocycles. The number of amides is 2. The number of phenols is 1. The number of fused-ring (bicyclic) bond motifs is 3. The Kier molecular flexibility index (Phi) is 8.07. The Balaban J connectivity index is 1.39. The normalized spacial score (nSPS) is 24.8. The predicted octanol–water partition coefficient (Wildman–Crippen LogP) is 3.97. The van der Waals surface area contributed by atoms with Gasteiger partial charge in [-0.25, -0.2) is 0 Å². The summed E-state index contributed by atoms with van der Waals surface area (Å²) in [5, 5.41) is 29.4. The summed E-state index contributed by atoms with van der Waals surface area (Å²) >= 11 is 0. The molecule has 2 saturated heterocycles. The first-order valence-electron chi connectivity index (χ1n) is 14.0. The van der Waals surface area contributed by atoms with Crippen LogP contribution < -0.4 is 10.4 Å². The number of anilines is 1. The van der Waals surface area contributed by atoms with Crippen molar-refractivity contribution >= 4 is 36.2 Å². The lowest BCUT2D eigenvalue weighted by molar-refractivity contribution is -0.122. The maximum Gasteiger partial charge on any atom is 0.488 e. The second-order valence-electron chi connectivity index (χ2n) is 10.8. The highest BCUT2D eigenvalue weighted by atomic mass is 16.5. The molecular weight excluding hydrogens is 493 g/mol. The molecule has 0 radical (unpaired) electrons. The number of hydrogen-bond donors (Lipinski definition) is 3. The van der Waals surface area contributed by atoms with Gasteiger partial charge < -0.3 is 19.9 Å². The van der Waals surface area contributed by atoms with Gasteiger partial charge in [-0.1, -0.05) is 67.8 Å². The molecule has 3 aliphatic rings. The molecule has 2 fully saturated rings.